The summed E-state index contributed by atoms with van der Waals surface area (Å²) in [5.74, 6) is 0.156. The summed E-state index contributed by atoms with van der Waals surface area (Å²) in [6, 6.07) is 6.49. The molecule has 0 aliphatic carbocycles. The van der Waals surface area contributed by atoms with E-state index in [1.165, 1.54) is 0 Å². The van der Waals surface area contributed by atoms with Gasteiger partial charge in [0.1, 0.15) is 11.8 Å². The van der Waals surface area contributed by atoms with Gasteiger partial charge in [-0.2, -0.15) is 0 Å². The summed E-state index contributed by atoms with van der Waals surface area (Å²) < 4.78 is 10.1. The molecular weight excluding hydrogens is 258 g/mol. The molecule has 1 unspecified atom stereocenters. The lowest BCUT2D eigenvalue weighted by Gasteiger charge is -2.23. The van der Waals surface area contributed by atoms with Crippen molar-refractivity contribution >= 4 is 11.9 Å². The number of likely N-dealkylation sites (tertiary alicyclic amines) is 1. The minimum atomic E-state index is -0.464. The van der Waals surface area contributed by atoms with Gasteiger partial charge in [0, 0.05) is 12.1 Å². The van der Waals surface area contributed by atoms with Crippen LogP contribution in [0.15, 0.2) is 24.3 Å². The molecule has 1 saturated heterocycles. The minimum Gasteiger partial charge on any atom is -0.497 e. The first-order valence-electron chi connectivity index (χ1n) is 6.79. The van der Waals surface area contributed by atoms with Gasteiger partial charge in [-0.1, -0.05) is 6.07 Å². The number of nitrogens with zero attached hydrogens (tertiary/aromatic N) is 1. The van der Waals surface area contributed by atoms with Crippen molar-refractivity contribution in [3.05, 3.63) is 29.8 Å². The average Bonchev–Trinajstić information content (AvgIpc) is 2.96. The lowest BCUT2D eigenvalue weighted by molar-refractivity contribution is -0.147. The van der Waals surface area contributed by atoms with Crippen molar-refractivity contribution in [2.45, 2.75) is 25.8 Å². The third kappa shape index (κ3) is 2.92. The Morgan fingerprint density at radius 3 is 2.90 bits per heavy atom. The number of ether oxygens (including phenoxy) is 2. The lowest BCUT2D eigenvalue weighted by Crippen LogP contribution is -2.41. The van der Waals surface area contributed by atoms with Crippen molar-refractivity contribution in [1.29, 1.82) is 0 Å². The Labute approximate surface area is 118 Å². The molecule has 1 aliphatic rings. The van der Waals surface area contributed by atoms with E-state index in [2.05, 4.69) is 0 Å². The van der Waals surface area contributed by atoms with Gasteiger partial charge in [0.15, 0.2) is 0 Å². The fourth-order valence-corrected chi connectivity index (χ4v) is 2.42. The van der Waals surface area contributed by atoms with Crippen LogP contribution in [0.4, 0.5) is 0 Å². The van der Waals surface area contributed by atoms with E-state index < -0.39 is 6.04 Å². The molecule has 0 saturated carbocycles. The van der Waals surface area contributed by atoms with Crippen LogP contribution < -0.4 is 4.74 Å². The molecule has 0 aromatic heterocycles. The van der Waals surface area contributed by atoms with Crippen molar-refractivity contribution in [2.24, 2.45) is 0 Å². The summed E-state index contributed by atoms with van der Waals surface area (Å²) >= 11 is 0. The molecule has 1 amide bonds. The van der Waals surface area contributed by atoms with Crippen molar-refractivity contribution in [3.63, 3.8) is 0 Å². The summed E-state index contributed by atoms with van der Waals surface area (Å²) in [4.78, 5) is 26.0. The molecule has 5 heteroatoms. The third-order valence-electron chi connectivity index (χ3n) is 3.39. The molecule has 0 N–H and O–H groups in total. The van der Waals surface area contributed by atoms with Gasteiger partial charge in [-0.3, -0.25) is 4.79 Å². The van der Waals surface area contributed by atoms with Crippen LogP contribution in [0.3, 0.4) is 0 Å². The van der Waals surface area contributed by atoms with E-state index in [1.807, 2.05) is 0 Å². The van der Waals surface area contributed by atoms with Gasteiger partial charge in [0.25, 0.3) is 5.91 Å². The largest absolute Gasteiger partial charge is 0.497 e. The molecule has 20 heavy (non-hydrogen) atoms. The summed E-state index contributed by atoms with van der Waals surface area (Å²) in [5, 5.41) is 0. The Balaban J connectivity index is 2.16. The molecule has 0 radical (unpaired) electrons. The zero-order valence-corrected chi connectivity index (χ0v) is 11.8. The second-order valence-corrected chi connectivity index (χ2v) is 4.64. The number of amides is 1. The Morgan fingerprint density at radius 2 is 2.20 bits per heavy atom. The molecule has 0 spiro atoms. The van der Waals surface area contributed by atoms with Crippen LogP contribution in [0.25, 0.3) is 0 Å². The molecule has 1 aromatic rings. The molecule has 1 aromatic carbocycles. The van der Waals surface area contributed by atoms with Gasteiger partial charge in [-0.25, -0.2) is 4.79 Å². The Bertz CT molecular complexity index is 500. The molecular formula is C15H19NO4. The van der Waals surface area contributed by atoms with Crippen LogP contribution in [-0.2, 0) is 9.53 Å². The number of carbonyl (C=O) groups excluding carboxylic acids is 2. The second-order valence-electron chi connectivity index (χ2n) is 4.64. The minimum absolute atomic E-state index is 0.153. The third-order valence-corrected chi connectivity index (χ3v) is 3.39. The van der Waals surface area contributed by atoms with Gasteiger partial charge in [-0.05, 0) is 38.0 Å². The number of hydrogen-bond acceptors (Lipinski definition) is 4. The van der Waals surface area contributed by atoms with Crippen LogP contribution >= 0.6 is 0 Å². The molecule has 108 valence electrons. The summed E-state index contributed by atoms with van der Waals surface area (Å²) in [6.07, 6.45) is 1.48. The van der Waals surface area contributed by atoms with Crippen molar-refractivity contribution in [1.82, 2.24) is 4.90 Å². The van der Waals surface area contributed by atoms with Crippen LogP contribution in [0.2, 0.25) is 0 Å². The number of rotatable bonds is 4. The summed E-state index contributed by atoms with van der Waals surface area (Å²) in [7, 11) is 1.56. The van der Waals surface area contributed by atoms with Crippen molar-refractivity contribution in [3.8, 4) is 5.75 Å². The number of methoxy groups -OCH3 is 1. The Kier molecular flexibility index (Phi) is 4.61. The topological polar surface area (TPSA) is 55.8 Å². The first kappa shape index (κ1) is 14.4. The van der Waals surface area contributed by atoms with E-state index in [0.29, 0.717) is 30.9 Å². The van der Waals surface area contributed by atoms with E-state index in [0.717, 1.165) is 6.42 Å². The number of hydrogen-bond donors (Lipinski definition) is 0. The molecule has 2 rings (SSSR count). The van der Waals surface area contributed by atoms with Crippen LogP contribution in [0, 0.1) is 0 Å². The smallest absolute Gasteiger partial charge is 0.328 e. The highest BCUT2D eigenvalue weighted by atomic mass is 16.5. The SMILES string of the molecule is CCOC(=O)C1CCCN1C(=O)c1cccc(OC)c1. The van der Waals surface area contributed by atoms with Crippen LogP contribution in [0.1, 0.15) is 30.1 Å². The van der Waals surface area contributed by atoms with E-state index in [1.54, 1.807) is 43.2 Å². The van der Waals surface area contributed by atoms with Crippen molar-refractivity contribution in [2.75, 3.05) is 20.3 Å². The highest BCUT2D eigenvalue weighted by Gasteiger charge is 2.35. The van der Waals surface area contributed by atoms with Crippen LogP contribution in [0.5, 0.6) is 5.75 Å². The molecule has 1 heterocycles. The monoisotopic (exact) mass is 277 g/mol. The highest BCUT2D eigenvalue weighted by Crippen LogP contribution is 2.22. The Hall–Kier alpha value is -2.04. The predicted octanol–water partition coefficient (Wildman–Crippen LogP) is 1.86. The van der Waals surface area contributed by atoms with E-state index >= 15 is 0 Å². The fourth-order valence-electron chi connectivity index (χ4n) is 2.42. The van der Waals surface area contributed by atoms with Gasteiger partial charge >= 0.3 is 5.97 Å². The van der Waals surface area contributed by atoms with Crippen molar-refractivity contribution < 1.29 is 19.1 Å². The molecule has 1 fully saturated rings. The molecule has 1 aliphatic heterocycles. The van der Waals surface area contributed by atoms with Gasteiger partial charge in [0.05, 0.1) is 13.7 Å². The molecule has 0 bridgehead atoms. The number of carbonyl (C=O) groups is 2. The normalized spacial score (nSPS) is 17.9. The average molecular weight is 277 g/mol. The number of esters is 1. The van der Waals surface area contributed by atoms with Gasteiger partial charge < -0.3 is 14.4 Å². The van der Waals surface area contributed by atoms with Gasteiger partial charge in [0.2, 0.25) is 0 Å². The zero-order valence-electron chi connectivity index (χ0n) is 11.8. The van der Waals surface area contributed by atoms with E-state index in [-0.39, 0.29) is 11.9 Å². The second kappa shape index (κ2) is 6.41. The fraction of sp³-hybridized carbons (Fsp3) is 0.467. The van der Waals surface area contributed by atoms with E-state index in [9.17, 15) is 9.59 Å². The number of benzene rings is 1. The zero-order chi connectivity index (χ0) is 14.5. The first-order valence-corrected chi connectivity index (χ1v) is 6.79. The maximum absolute atomic E-state index is 12.5. The van der Waals surface area contributed by atoms with E-state index in [4.69, 9.17) is 9.47 Å². The van der Waals surface area contributed by atoms with Crippen LogP contribution in [-0.4, -0.2) is 43.1 Å². The molecule has 1 atom stereocenters. The summed E-state index contributed by atoms with van der Waals surface area (Å²) in [6.45, 7) is 2.68. The standard InChI is InChI=1S/C15H19NO4/c1-3-20-15(18)13-8-5-9-16(13)14(17)11-6-4-7-12(10-11)19-2/h4,6-7,10,13H,3,5,8-9H2,1-2H3. The highest BCUT2D eigenvalue weighted by molar-refractivity contribution is 5.97. The van der Waals surface area contributed by atoms with Gasteiger partial charge in [-0.15, -0.1) is 0 Å². The molecule has 5 nitrogen and oxygen atoms in total. The Morgan fingerprint density at radius 1 is 1.40 bits per heavy atom. The lowest BCUT2D eigenvalue weighted by atomic mass is 10.1. The first-order chi connectivity index (χ1) is 9.67. The quantitative estimate of drug-likeness (QED) is 0.788. The maximum Gasteiger partial charge on any atom is 0.328 e. The summed E-state index contributed by atoms with van der Waals surface area (Å²) in [5.41, 5.74) is 0.528. The predicted molar refractivity (Wildman–Crippen MR) is 73.7 cm³/mol. The maximum atomic E-state index is 12.5.